The van der Waals surface area contributed by atoms with Gasteiger partial charge in [-0.15, -0.1) is 0 Å². The molecule has 210 valence electrons. The number of aromatic nitrogens is 3. The summed E-state index contributed by atoms with van der Waals surface area (Å²) >= 11 is 0. The molecule has 1 fully saturated rings. The number of urea groups is 1. The van der Waals surface area contributed by atoms with E-state index in [2.05, 4.69) is 15.7 Å². The van der Waals surface area contributed by atoms with Gasteiger partial charge >= 0.3 is 6.03 Å². The summed E-state index contributed by atoms with van der Waals surface area (Å²) in [4.78, 5) is 33.0. The number of fused-ring (bicyclic) bond motifs is 1. The van der Waals surface area contributed by atoms with Gasteiger partial charge in [-0.05, 0) is 51.3 Å². The van der Waals surface area contributed by atoms with Crippen LogP contribution in [-0.4, -0.2) is 69.0 Å². The SMILES string of the molecule is COc1ccc2c(O[C@@H]3CC(C)N(C(=O)[C@@H](NC(=O)NC(C)(C)C)C(C)(C)C)C3)cc(-n3cccn3)nc2c1. The van der Waals surface area contributed by atoms with Gasteiger partial charge in [-0.1, -0.05) is 20.8 Å². The number of nitrogens with zero attached hydrogens (tertiary/aromatic N) is 4. The fourth-order valence-corrected chi connectivity index (χ4v) is 4.79. The Balaban J connectivity index is 1.57. The zero-order valence-electron chi connectivity index (χ0n) is 24.1. The first kappa shape index (κ1) is 28.2. The number of benzene rings is 1. The lowest BCUT2D eigenvalue weighted by molar-refractivity contribution is -0.136. The lowest BCUT2D eigenvalue weighted by atomic mass is 9.85. The van der Waals surface area contributed by atoms with Gasteiger partial charge in [0.05, 0.1) is 19.2 Å². The number of likely N-dealkylation sites (tertiary alicyclic amines) is 1. The van der Waals surface area contributed by atoms with E-state index < -0.39 is 17.0 Å². The molecular weight excluding hydrogens is 496 g/mol. The van der Waals surface area contributed by atoms with Gasteiger partial charge in [0.15, 0.2) is 5.82 Å². The normalized spacial score (nSPS) is 18.6. The Morgan fingerprint density at radius 1 is 1.13 bits per heavy atom. The van der Waals surface area contributed by atoms with E-state index in [0.717, 1.165) is 10.9 Å². The minimum atomic E-state index is -0.693. The van der Waals surface area contributed by atoms with Crippen LogP contribution < -0.4 is 20.1 Å². The third-order valence-electron chi connectivity index (χ3n) is 6.69. The lowest BCUT2D eigenvalue weighted by Crippen LogP contribution is -2.59. The Hall–Kier alpha value is -3.82. The van der Waals surface area contributed by atoms with Gasteiger partial charge in [-0.2, -0.15) is 5.10 Å². The molecule has 1 saturated heterocycles. The van der Waals surface area contributed by atoms with Crippen molar-refractivity contribution in [1.29, 1.82) is 0 Å². The number of ether oxygens (including phenoxy) is 2. The van der Waals surface area contributed by atoms with E-state index in [1.165, 1.54) is 0 Å². The maximum atomic E-state index is 13.8. The van der Waals surface area contributed by atoms with Crippen LogP contribution in [0.2, 0.25) is 0 Å². The molecule has 1 aromatic carbocycles. The highest BCUT2D eigenvalue weighted by molar-refractivity contribution is 5.89. The van der Waals surface area contributed by atoms with E-state index in [-0.39, 0.29) is 24.1 Å². The van der Waals surface area contributed by atoms with Crippen molar-refractivity contribution in [3.05, 3.63) is 42.7 Å². The van der Waals surface area contributed by atoms with Gasteiger partial charge in [-0.25, -0.2) is 14.5 Å². The van der Waals surface area contributed by atoms with Gasteiger partial charge < -0.3 is 25.0 Å². The van der Waals surface area contributed by atoms with E-state index in [0.29, 0.717) is 30.3 Å². The Kier molecular flexibility index (Phi) is 7.77. The Labute approximate surface area is 230 Å². The highest BCUT2D eigenvalue weighted by atomic mass is 16.5. The molecule has 4 rings (SSSR count). The highest BCUT2D eigenvalue weighted by Crippen LogP contribution is 2.33. The zero-order chi connectivity index (χ0) is 28.5. The van der Waals surface area contributed by atoms with E-state index >= 15 is 0 Å². The number of carbonyl (C=O) groups excluding carboxylic acids is 2. The molecule has 0 saturated carbocycles. The molecule has 0 radical (unpaired) electrons. The number of pyridine rings is 1. The first-order valence-electron chi connectivity index (χ1n) is 13.3. The van der Waals surface area contributed by atoms with E-state index in [1.807, 2.05) is 89.9 Å². The summed E-state index contributed by atoms with van der Waals surface area (Å²) in [5, 5.41) is 11.0. The number of carbonyl (C=O) groups is 2. The first-order valence-corrected chi connectivity index (χ1v) is 13.3. The van der Waals surface area contributed by atoms with Crippen molar-refractivity contribution >= 4 is 22.8 Å². The van der Waals surface area contributed by atoms with Crippen LogP contribution in [0.25, 0.3) is 16.7 Å². The monoisotopic (exact) mass is 536 g/mol. The van der Waals surface area contributed by atoms with Crippen molar-refractivity contribution in [2.24, 2.45) is 5.41 Å². The molecule has 2 aromatic heterocycles. The second-order valence-corrected chi connectivity index (χ2v) is 12.3. The summed E-state index contributed by atoms with van der Waals surface area (Å²) < 4.78 is 13.6. The molecule has 1 aliphatic heterocycles. The molecular formula is C29H40N6O4. The van der Waals surface area contributed by atoms with Crippen LogP contribution in [0.15, 0.2) is 42.7 Å². The molecule has 39 heavy (non-hydrogen) atoms. The zero-order valence-corrected chi connectivity index (χ0v) is 24.1. The lowest BCUT2D eigenvalue weighted by Gasteiger charge is -2.35. The number of hydrogen-bond donors (Lipinski definition) is 2. The molecule has 3 amide bonds. The van der Waals surface area contributed by atoms with Crippen LogP contribution in [0, 0.1) is 5.41 Å². The van der Waals surface area contributed by atoms with Crippen LogP contribution in [0.1, 0.15) is 54.9 Å². The fraction of sp³-hybridized carbons (Fsp3) is 0.517. The molecule has 1 aliphatic rings. The topological polar surface area (TPSA) is 111 Å². The van der Waals surface area contributed by atoms with Gasteiger partial charge in [0, 0.05) is 47.9 Å². The van der Waals surface area contributed by atoms with Crippen LogP contribution in [0.4, 0.5) is 4.79 Å². The molecule has 1 unspecified atom stereocenters. The highest BCUT2D eigenvalue weighted by Gasteiger charge is 2.42. The fourth-order valence-electron chi connectivity index (χ4n) is 4.79. The first-order chi connectivity index (χ1) is 18.2. The molecule has 3 atom stereocenters. The minimum Gasteiger partial charge on any atom is -0.497 e. The van der Waals surface area contributed by atoms with Crippen LogP contribution in [0.3, 0.4) is 0 Å². The summed E-state index contributed by atoms with van der Waals surface area (Å²) in [6.45, 7) is 14.0. The van der Waals surface area contributed by atoms with Crippen LogP contribution in [0.5, 0.6) is 11.5 Å². The van der Waals surface area contributed by atoms with Crippen molar-refractivity contribution in [1.82, 2.24) is 30.3 Å². The standard InChI is InChI=1S/C29H40N6O4/c1-18-14-20(17-34(18)26(36)25(28(2,3)4)32-27(37)33-29(5,6)7)39-23-16-24(35-13-9-12-30-35)31-22-15-19(38-8)10-11-21(22)23/h9-13,15-16,18,20,25H,14,17H2,1-8H3,(H2,32,33,37)/t18?,20-,25-/m1/s1. The molecule has 2 N–H and O–H groups in total. The number of amides is 3. The average Bonchev–Trinajstić information content (AvgIpc) is 3.50. The summed E-state index contributed by atoms with van der Waals surface area (Å²) in [7, 11) is 1.62. The van der Waals surface area contributed by atoms with Crippen molar-refractivity contribution in [2.45, 2.75) is 78.6 Å². The van der Waals surface area contributed by atoms with Gasteiger partial charge in [0.25, 0.3) is 0 Å². The van der Waals surface area contributed by atoms with Crippen molar-refractivity contribution in [3.8, 4) is 17.3 Å². The molecule has 10 nitrogen and oxygen atoms in total. The Bertz CT molecular complexity index is 1330. The second kappa shape index (κ2) is 10.7. The quantitative estimate of drug-likeness (QED) is 0.486. The third-order valence-corrected chi connectivity index (χ3v) is 6.69. The summed E-state index contributed by atoms with van der Waals surface area (Å²) in [5.41, 5.74) is -0.176. The summed E-state index contributed by atoms with van der Waals surface area (Å²) in [6.07, 6.45) is 3.95. The van der Waals surface area contributed by atoms with Gasteiger partial charge in [0.2, 0.25) is 5.91 Å². The Morgan fingerprint density at radius 2 is 1.87 bits per heavy atom. The van der Waals surface area contributed by atoms with Crippen molar-refractivity contribution in [2.75, 3.05) is 13.7 Å². The molecule has 0 bridgehead atoms. The molecule has 0 aliphatic carbocycles. The predicted octanol–water partition coefficient (Wildman–Crippen LogP) is 4.31. The van der Waals surface area contributed by atoms with E-state index in [9.17, 15) is 9.59 Å². The van der Waals surface area contributed by atoms with Gasteiger partial charge in [-0.3, -0.25) is 4.79 Å². The summed E-state index contributed by atoms with van der Waals surface area (Å²) in [5.74, 6) is 1.86. The van der Waals surface area contributed by atoms with E-state index in [4.69, 9.17) is 14.5 Å². The number of nitrogens with one attached hydrogen (secondary N) is 2. The van der Waals surface area contributed by atoms with E-state index in [1.54, 1.807) is 18.0 Å². The summed E-state index contributed by atoms with van der Waals surface area (Å²) in [6, 6.07) is 8.26. The van der Waals surface area contributed by atoms with Crippen LogP contribution >= 0.6 is 0 Å². The number of methoxy groups -OCH3 is 1. The molecule has 3 heterocycles. The molecule has 0 spiro atoms. The van der Waals surface area contributed by atoms with Crippen molar-refractivity contribution in [3.63, 3.8) is 0 Å². The molecule has 3 aromatic rings. The smallest absolute Gasteiger partial charge is 0.315 e. The van der Waals surface area contributed by atoms with Crippen molar-refractivity contribution < 1.29 is 19.1 Å². The largest absolute Gasteiger partial charge is 0.497 e. The Morgan fingerprint density at radius 3 is 2.49 bits per heavy atom. The number of hydrogen-bond acceptors (Lipinski definition) is 6. The third kappa shape index (κ3) is 6.61. The van der Waals surface area contributed by atoms with Crippen LogP contribution in [-0.2, 0) is 4.79 Å². The maximum absolute atomic E-state index is 13.8. The maximum Gasteiger partial charge on any atom is 0.315 e. The minimum absolute atomic E-state index is 0.0568. The molecule has 10 heteroatoms. The van der Waals surface area contributed by atoms with Gasteiger partial charge in [0.1, 0.15) is 23.6 Å². The average molecular weight is 537 g/mol. The number of rotatable bonds is 6. The second-order valence-electron chi connectivity index (χ2n) is 12.3. The predicted molar refractivity (Wildman–Crippen MR) is 150 cm³/mol.